The van der Waals surface area contributed by atoms with E-state index in [9.17, 15) is 0 Å². The quantitative estimate of drug-likeness (QED) is 0.719. The van der Waals surface area contributed by atoms with E-state index in [1.54, 1.807) is 10.9 Å². The van der Waals surface area contributed by atoms with Crippen molar-refractivity contribution in [2.75, 3.05) is 0 Å². The molecule has 0 N–H and O–H groups in total. The summed E-state index contributed by atoms with van der Waals surface area (Å²) in [5.41, 5.74) is 0.563. The normalized spacial score (nSPS) is 10.0. The van der Waals surface area contributed by atoms with E-state index in [0.29, 0.717) is 12.1 Å². The lowest BCUT2D eigenvalue weighted by molar-refractivity contribution is 0.459. The first-order chi connectivity index (χ1) is 6.78. The highest BCUT2D eigenvalue weighted by Gasteiger charge is 2.01. The van der Waals surface area contributed by atoms with Gasteiger partial charge in [-0.15, -0.1) is 0 Å². The lowest BCUT2D eigenvalue weighted by atomic mass is 10.4. The number of furan rings is 1. The van der Waals surface area contributed by atoms with Crippen molar-refractivity contribution >= 4 is 0 Å². The van der Waals surface area contributed by atoms with Gasteiger partial charge in [-0.1, -0.05) is 0 Å². The topological polar surface area (TPSA) is 54.8 Å². The Balaban J connectivity index is 2.15. The molecule has 0 amide bonds. The van der Waals surface area contributed by atoms with Crippen molar-refractivity contribution < 1.29 is 4.42 Å². The minimum absolute atomic E-state index is 0.563. The molecule has 4 heteroatoms. The fourth-order valence-electron chi connectivity index (χ4n) is 1.24. The summed E-state index contributed by atoms with van der Waals surface area (Å²) in [5, 5.41) is 12.6. The van der Waals surface area contributed by atoms with Crippen LogP contribution < -0.4 is 0 Å². The van der Waals surface area contributed by atoms with Crippen LogP contribution in [-0.2, 0) is 6.54 Å². The highest BCUT2D eigenvalue weighted by molar-refractivity contribution is 5.22. The molecule has 0 aliphatic carbocycles. The third-order valence-electron chi connectivity index (χ3n) is 1.88. The largest absolute Gasteiger partial charge is 0.464 e. The average Bonchev–Trinajstić information content (AvgIpc) is 2.76. The number of hydrogen-bond donors (Lipinski definition) is 0. The maximum Gasteiger partial charge on any atom is 0.125 e. The number of rotatable bonds is 2. The summed E-state index contributed by atoms with van der Waals surface area (Å²) in [5.74, 6) is 1.72. The fourth-order valence-corrected chi connectivity index (χ4v) is 1.24. The predicted octanol–water partition coefficient (Wildman–Crippen LogP) is 1.70. The minimum atomic E-state index is 0.563. The standard InChI is InChI=1S/C10H9N3O/c1-8-2-3-10(14-8)7-13-6-9(4-11)5-12-13/h2-3,5-6H,7H2,1H3. The second kappa shape index (κ2) is 3.38. The molecule has 2 rings (SSSR count). The van der Waals surface area contributed by atoms with Crippen LogP contribution in [-0.4, -0.2) is 9.78 Å². The first-order valence-electron chi connectivity index (χ1n) is 4.26. The Morgan fingerprint density at radius 1 is 1.57 bits per heavy atom. The number of nitrogens with zero attached hydrogens (tertiary/aromatic N) is 3. The van der Waals surface area contributed by atoms with Crippen molar-refractivity contribution in [3.8, 4) is 6.07 Å². The molecular weight excluding hydrogens is 178 g/mol. The van der Waals surface area contributed by atoms with Gasteiger partial charge >= 0.3 is 0 Å². The van der Waals surface area contributed by atoms with Gasteiger partial charge in [0.05, 0.1) is 18.3 Å². The van der Waals surface area contributed by atoms with Crippen LogP contribution >= 0.6 is 0 Å². The molecule has 70 valence electrons. The van der Waals surface area contributed by atoms with E-state index < -0.39 is 0 Å². The number of nitriles is 1. The molecule has 2 aromatic rings. The van der Waals surface area contributed by atoms with Gasteiger partial charge in [-0.05, 0) is 19.1 Å². The van der Waals surface area contributed by atoms with Crippen molar-refractivity contribution in [2.24, 2.45) is 0 Å². The Kier molecular flexibility index (Phi) is 2.07. The van der Waals surface area contributed by atoms with E-state index in [0.717, 1.165) is 11.5 Å². The fraction of sp³-hybridized carbons (Fsp3) is 0.200. The lowest BCUT2D eigenvalue weighted by Gasteiger charge is -1.95. The molecular formula is C10H9N3O. The number of hydrogen-bond acceptors (Lipinski definition) is 3. The van der Waals surface area contributed by atoms with E-state index in [-0.39, 0.29) is 0 Å². The first-order valence-corrected chi connectivity index (χ1v) is 4.26. The van der Waals surface area contributed by atoms with Crippen molar-refractivity contribution in [3.05, 3.63) is 41.6 Å². The molecule has 2 heterocycles. The highest BCUT2D eigenvalue weighted by atomic mass is 16.3. The van der Waals surface area contributed by atoms with Crippen LogP contribution in [0.3, 0.4) is 0 Å². The van der Waals surface area contributed by atoms with Gasteiger partial charge in [0.1, 0.15) is 17.6 Å². The Labute approximate surface area is 81.4 Å². The predicted molar refractivity (Wildman–Crippen MR) is 49.5 cm³/mol. The van der Waals surface area contributed by atoms with Gasteiger partial charge < -0.3 is 4.42 Å². The van der Waals surface area contributed by atoms with Crippen LogP contribution in [0.15, 0.2) is 28.9 Å². The molecule has 0 aliphatic rings. The van der Waals surface area contributed by atoms with Crippen molar-refractivity contribution in [1.29, 1.82) is 5.26 Å². The van der Waals surface area contributed by atoms with Crippen LogP contribution in [0.5, 0.6) is 0 Å². The van der Waals surface area contributed by atoms with Gasteiger partial charge in [0.2, 0.25) is 0 Å². The highest BCUT2D eigenvalue weighted by Crippen LogP contribution is 2.08. The van der Waals surface area contributed by atoms with Crippen LogP contribution in [0.25, 0.3) is 0 Å². The van der Waals surface area contributed by atoms with Gasteiger partial charge in [0.25, 0.3) is 0 Å². The van der Waals surface area contributed by atoms with Gasteiger partial charge in [-0.2, -0.15) is 10.4 Å². The SMILES string of the molecule is Cc1ccc(Cn2cc(C#N)cn2)o1. The molecule has 2 aromatic heterocycles. The molecule has 0 aliphatic heterocycles. The van der Waals surface area contributed by atoms with Gasteiger partial charge in [-0.25, -0.2) is 0 Å². The third-order valence-corrected chi connectivity index (χ3v) is 1.88. The Bertz CT molecular complexity index is 476. The van der Waals surface area contributed by atoms with Crippen molar-refractivity contribution in [1.82, 2.24) is 9.78 Å². The van der Waals surface area contributed by atoms with Crippen molar-refractivity contribution in [2.45, 2.75) is 13.5 Å². The lowest BCUT2D eigenvalue weighted by Crippen LogP contribution is -1.98. The zero-order chi connectivity index (χ0) is 9.97. The monoisotopic (exact) mass is 187 g/mol. The van der Waals surface area contributed by atoms with Crippen molar-refractivity contribution in [3.63, 3.8) is 0 Å². The smallest absolute Gasteiger partial charge is 0.125 e. The summed E-state index contributed by atoms with van der Waals surface area (Å²) in [4.78, 5) is 0. The summed E-state index contributed by atoms with van der Waals surface area (Å²) >= 11 is 0. The third kappa shape index (κ3) is 1.67. The molecule has 0 spiro atoms. The van der Waals surface area contributed by atoms with Crippen LogP contribution in [0.2, 0.25) is 0 Å². The Morgan fingerprint density at radius 2 is 2.43 bits per heavy atom. The second-order valence-electron chi connectivity index (χ2n) is 3.05. The molecule has 0 bridgehead atoms. The number of aryl methyl sites for hydroxylation is 1. The van der Waals surface area contributed by atoms with E-state index in [1.807, 2.05) is 25.1 Å². The van der Waals surface area contributed by atoms with E-state index in [1.165, 1.54) is 6.20 Å². The average molecular weight is 187 g/mol. The summed E-state index contributed by atoms with van der Waals surface area (Å²) in [6.45, 7) is 2.46. The molecule has 0 aromatic carbocycles. The minimum Gasteiger partial charge on any atom is -0.464 e. The van der Waals surface area contributed by atoms with Crippen LogP contribution in [0.4, 0.5) is 0 Å². The molecule has 0 saturated heterocycles. The molecule has 0 fully saturated rings. The van der Waals surface area contributed by atoms with Crippen LogP contribution in [0, 0.1) is 18.3 Å². The molecule has 4 nitrogen and oxygen atoms in total. The molecule has 0 saturated carbocycles. The van der Waals surface area contributed by atoms with Crippen LogP contribution in [0.1, 0.15) is 17.1 Å². The van der Waals surface area contributed by atoms with Gasteiger partial charge in [0.15, 0.2) is 0 Å². The van der Waals surface area contributed by atoms with E-state index in [2.05, 4.69) is 5.10 Å². The Morgan fingerprint density at radius 3 is 3.00 bits per heavy atom. The van der Waals surface area contributed by atoms with Gasteiger partial charge in [0, 0.05) is 6.20 Å². The summed E-state index contributed by atoms with van der Waals surface area (Å²) in [6, 6.07) is 5.84. The zero-order valence-electron chi connectivity index (χ0n) is 7.77. The zero-order valence-corrected chi connectivity index (χ0v) is 7.77. The molecule has 14 heavy (non-hydrogen) atoms. The van der Waals surface area contributed by atoms with Gasteiger partial charge in [-0.3, -0.25) is 4.68 Å². The molecule has 0 radical (unpaired) electrons. The summed E-state index contributed by atoms with van der Waals surface area (Å²) in [7, 11) is 0. The second-order valence-corrected chi connectivity index (χ2v) is 3.05. The Hall–Kier alpha value is -2.02. The summed E-state index contributed by atoms with van der Waals surface area (Å²) in [6.07, 6.45) is 3.23. The number of aromatic nitrogens is 2. The summed E-state index contributed by atoms with van der Waals surface area (Å²) < 4.78 is 7.06. The van der Waals surface area contributed by atoms with E-state index >= 15 is 0 Å². The maximum absolute atomic E-state index is 8.59. The molecule has 0 unspecified atom stereocenters. The van der Waals surface area contributed by atoms with E-state index in [4.69, 9.17) is 9.68 Å². The molecule has 0 atom stereocenters. The maximum atomic E-state index is 8.59. The first kappa shape index (κ1) is 8.57.